The molecule has 0 radical (unpaired) electrons. The van der Waals surface area contributed by atoms with Crippen LogP contribution < -0.4 is 15.3 Å². The van der Waals surface area contributed by atoms with Crippen molar-refractivity contribution in [1.29, 1.82) is 0 Å². The van der Waals surface area contributed by atoms with E-state index in [9.17, 15) is 9.59 Å². The second-order valence-corrected chi connectivity index (χ2v) is 7.63. The summed E-state index contributed by atoms with van der Waals surface area (Å²) in [5.41, 5.74) is 7.83. The Labute approximate surface area is 183 Å². The number of amides is 1. The largest absolute Gasteiger partial charge is 0.494 e. The van der Waals surface area contributed by atoms with Crippen molar-refractivity contribution < 1.29 is 19.1 Å². The Morgan fingerprint density at radius 2 is 2.03 bits per heavy atom. The summed E-state index contributed by atoms with van der Waals surface area (Å²) < 4.78 is 14.6. The number of benzene rings is 1. The number of nitrogens with two attached hydrogens (primary N) is 1. The minimum atomic E-state index is -0.472. The zero-order chi connectivity index (χ0) is 22.5. The second-order valence-electron chi connectivity index (χ2n) is 6.62. The van der Waals surface area contributed by atoms with Crippen LogP contribution in [0.5, 0.6) is 5.75 Å². The van der Waals surface area contributed by atoms with Gasteiger partial charge in [0.1, 0.15) is 17.0 Å². The second kappa shape index (κ2) is 9.71. The first-order chi connectivity index (χ1) is 14.9. The van der Waals surface area contributed by atoms with Gasteiger partial charge >= 0.3 is 5.97 Å². The summed E-state index contributed by atoms with van der Waals surface area (Å²) in [5, 5.41) is 4.32. The minimum absolute atomic E-state index is 0.357. The van der Waals surface area contributed by atoms with Crippen molar-refractivity contribution in [2.45, 2.75) is 26.9 Å². The van der Waals surface area contributed by atoms with Crippen LogP contribution in [0.1, 0.15) is 33.5 Å². The van der Waals surface area contributed by atoms with Crippen molar-refractivity contribution in [1.82, 2.24) is 14.3 Å². The van der Waals surface area contributed by atoms with E-state index < -0.39 is 11.9 Å². The Balaban J connectivity index is 2.24. The van der Waals surface area contributed by atoms with Gasteiger partial charge in [-0.3, -0.25) is 9.48 Å². The van der Waals surface area contributed by atoms with Crippen molar-refractivity contribution >= 4 is 33.4 Å². The molecule has 0 fully saturated rings. The van der Waals surface area contributed by atoms with Gasteiger partial charge in [-0.1, -0.05) is 23.5 Å². The molecule has 31 heavy (non-hydrogen) atoms. The highest BCUT2D eigenvalue weighted by Gasteiger charge is 2.18. The van der Waals surface area contributed by atoms with Crippen LogP contribution in [0, 0.1) is 6.92 Å². The molecule has 0 aliphatic carbocycles. The van der Waals surface area contributed by atoms with Crippen LogP contribution in [0.25, 0.3) is 10.2 Å². The SMILES string of the molecule is CCn1nc(C)cc1C(=O)N=c1sc2cc(C(=O)OC)cc(OC)c2n1C/C=C/CN. The third-order valence-electron chi connectivity index (χ3n) is 4.59. The maximum Gasteiger partial charge on any atom is 0.338 e. The molecule has 0 atom stereocenters. The molecule has 2 aromatic heterocycles. The van der Waals surface area contributed by atoms with E-state index >= 15 is 0 Å². The lowest BCUT2D eigenvalue weighted by molar-refractivity contribution is 0.0600. The van der Waals surface area contributed by atoms with E-state index in [-0.39, 0.29) is 0 Å². The average Bonchev–Trinajstić information content (AvgIpc) is 3.32. The Hall–Kier alpha value is -3.24. The summed E-state index contributed by atoms with van der Waals surface area (Å²) in [7, 11) is 2.85. The summed E-state index contributed by atoms with van der Waals surface area (Å²) in [4.78, 5) is 29.9. The average molecular weight is 444 g/mol. The van der Waals surface area contributed by atoms with E-state index in [0.29, 0.717) is 41.4 Å². The number of thiazole rings is 1. The van der Waals surface area contributed by atoms with Gasteiger partial charge in [-0.05, 0) is 32.0 Å². The van der Waals surface area contributed by atoms with Gasteiger partial charge in [-0.25, -0.2) is 4.79 Å². The number of esters is 1. The highest BCUT2D eigenvalue weighted by Crippen LogP contribution is 2.30. The maximum atomic E-state index is 13.0. The lowest BCUT2D eigenvalue weighted by Gasteiger charge is -2.08. The summed E-state index contributed by atoms with van der Waals surface area (Å²) in [5.74, 6) is -0.378. The number of fused-ring (bicyclic) bond motifs is 1. The fourth-order valence-electron chi connectivity index (χ4n) is 3.20. The quantitative estimate of drug-likeness (QED) is 0.443. The van der Waals surface area contributed by atoms with Gasteiger partial charge in [0.05, 0.1) is 30.2 Å². The molecule has 2 heterocycles. The van der Waals surface area contributed by atoms with Crippen LogP contribution in [0.2, 0.25) is 0 Å². The summed E-state index contributed by atoms with van der Waals surface area (Å²) in [6, 6.07) is 5.05. The molecular weight excluding hydrogens is 418 g/mol. The van der Waals surface area contributed by atoms with Crippen molar-refractivity contribution in [3.63, 3.8) is 0 Å². The Morgan fingerprint density at radius 1 is 1.26 bits per heavy atom. The van der Waals surface area contributed by atoms with Gasteiger partial charge in [0.2, 0.25) is 0 Å². The number of hydrogen-bond acceptors (Lipinski definition) is 7. The zero-order valence-electron chi connectivity index (χ0n) is 17.9. The van der Waals surface area contributed by atoms with Crippen molar-refractivity contribution in [3.8, 4) is 5.75 Å². The van der Waals surface area contributed by atoms with E-state index in [1.807, 2.05) is 30.6 Å². The van der Waals surface area contributed by atoms with Crippen LogP contribution in [0.4, 0.5) is 0 Å². The van der Waals surface area contributed by atoms with Gasteiger partial charge in [0.25, 0.3) is 5.91 Å². The number of ether oxygens (including phenoxy) is 2. The van der Waals surface area contributed by atoms with Crippen LogP contribution in [-0.2, 0) is 17.8 Å². The van der Waals surface area contributed by atoms with E-state index in [0.717, 1.165) is 15.9 Å². The van der Waals surface area contributed by atoms with Gasteiger partial charge in [-0.15, -0.1) is 0 Å². The molecule has 0 bridgehead atoms. The van der Waals surface area contributed by atoms with Crippen molar-refractivity contribution in [2.75, 3.05) is 20.8 Å². The molecule has 1 aromatic carbocycles. The number of hydrogen-bond donors (Lipinski definition) is 1. The number of rotatable bonds is 7. The normalized spacial score (nSPS) is 12.1. The van der Waals surface area contributed by atoms with Crippen LogP contribution in [0.15, 0.2) is 35.3 Å². The minimum Gasteiger partial charge on any atom is -0.494 e. The number of carbonyl (C=O) groups excluding carboxylic acids is 2. The third-order valence-corrected chi connectivity index (χ3v) is 5.62. The molecule has 164 valence electrons. The maximum absolute atomic E-state index is 13.0. The van der Waals surface area contributed by atoms with E-state index in [1.54, 1.807) is 22.9 Å². The Kier molecular flexibility index (Phi) is 7.03. The van der Waals surface area contributed by atoms with Gasteiger partial charge in [0.15, 0.2) is 4.80 Å². The molecule has 0 spiro atoms. The Morgan fingerprint density at radius 3 is 2.68 bits per heavy atom. The standard InChI is InChI=1S/C21H25N5O4S/c1-5-26-15(10-13(2)24-26)19(27)23-21-25(9-7-6-8-22)18-16(29-3)11-14(20(28)30-4)12-17(18)31-21/h6-7,10-12H,5,8-9,22H2,1-4H3/b7-6+,23-21?. The third kappa shape index (κ3) is 4.59. The lowest BCUT2D eigenvalue weighted by Crippen LogP contribution is -2.18. The van der Waals surface area contributed by atoms with Crippen LogP contribution >= 0.6 is 11.3 Å². The number of allylic oxidation sites excluding steroid dienone is 1. The smallest absolute Gasteiger partial charge is 0.338 e. The van der Waals surface area contributed by atoms with Gasteiger partial charge < -0.3 is 19.8 Å². The molecule has 0 unspecified atom stereocenters. The summed E-state index contributed by atoms with van der Waals surface area (Å²) in [6.45, 7) is 5.14. The first-order valence-electron chi connectivity index (χ1n) is 9.71. The number of methoxy groups -OCH3 is 2. The number of aryl methyl sites for hydroxylation is 2. The molecule has 2 N–H and O–H groups in total. The van der Waals surface area contributed by atoms with E-state index in [4.69, 9.17) is 15.2 Å². The molecule has 10 heteroatoms. The summed E-state index contributed by atoms with van der Waals surface area (Å²) in [6.07, 6.45) is 3.72. The molecule has 0 aliphatic heterocycles. The van der Waals surface area contributed by atoms with Gasteiger partial charge in [-0.2, -0.15) is 10.1 Å². The molecule has 9 nitrogen and oxygen atoms in total. The predicted octanol–water partition coefficient (Wildman–Crippen LogP) is 2.28. The van der Waals surface area contributed by atoms with Crippen LogP contribution in [-0.4, -0.2) is 47.0 Å². The first kappa shape index (κ1) is 22.4. The van der Waals surface area contributed by atoms with E-state index in [1.165, 1.54) is 25.6 Å². The zero-order valence-corrected chi connectivity index (χ0v) is 18.7. The lowest BCUT2D eigenvalue weighted by atomic mass is 10.2. The molecule has 1 amide bonds. The molecular formula is C21H25N5O4S. The predicted molar refractivity (Wildman–Crippen MR) is 118 cm³/mol. The Bertz CT molecular complexity index is 1220. The monoisotopic (exact) mass is 443 g/mol. The first-order valence-corrected chi connectivity index (χ1v) is 10.5. The highest BCUT2D eigenvalue weighted by atomic mass is 32.1. The number of nitrogens with zero attached hydrogens (tertiary/aromatic N) is 4. The molecule has 3 aromatic rings. The molecule has 0 saturated heterocycles. The van der Waals surface area contributed by atoms with Crippen molar-refractivity contribution in [2.24, 2.45) is 10.7 Å². The van der Waals surface area contributed by atoms with E-state index in [2.05, 4.69) is 10.1 Å². The highest BCUT2D eigenvalue weighted by molar-refractivity contribution is 7.16. The van der Waals surface area contributed by atoms with Crippen molar-refractivity contribution in [3.05, 3.63) is 52.1 Å². The summed E-state index contributed by atoms with van der Waals surface area (Å²) >= 11 is 1.29. The number of carbonyl (C=O) groups is 2. The number of aromatic nitrogens is 3. The fraction of sp³-hybridized carbons (Fsp3) is 0.333. The van der Waals surface area contributed by atoms with Crippen LogP contribution in [0.3, 0.4) is 0 Å². The van der Waals surface area contributed by atoms with Gasteiger partial charge in [0, 0.05) is 19.6 Å². The fourth-order valence-corrected chi connectivity index (χ4v) is 4.29. The molecule has 0 saturated carbocycles. The topological polar surface area (TPSA) is 114 Å². The molecule has 3 rings (SSSR count). The molecule has 0 aliphatic rings.